The summed E-state index contributed by atoms with van der Waals surface area (Å²) in [6.45, 7) is 6.38. The molecule has 1 atom stereocenters. The van der Waals surface area contributed by atoms with Gasteiger partial charge in [0.1, 0.15) is 12.7 Å². The molecule has 110 valence electrons. The van der Waals surface area contributed by atoms with Gasteiger partial charge < -0.3 is 19.5 Å². The van der Waals surface area contributed by atoms with Crippen LogP contribution in [0.1, 0.15) is 19.8 Å². The van der Waals surface area contributed by atoms with Gasteiger partial charge in [-0.2, -0.15) is 0 Å². The predicted molar refractivity (Wildman–Crippen MR) is 70.7 cm³/mol. The Morgan fingerprint density at radius 1 is 1.37 bits per heavy atom. The average Bonchev–Trinajstić information content (AvgIpc) is 2.38. The molecule has 0 aromatic rings. The van der Waals surface area contributed by atoms with Gasteiger partial charge in [-0.3, -0.25) is 9.59 Å². The van der Waals surface area contributed by atoms with Crippen LogP contribution in [0.2, 0.25) is 0 Å². The van der Waals surface area contributed by atoms with Crippen molar-refractivity contribution in [1.82, 2.24) is 5.32 Å². The lowest BCUT2D eigenvalue weighted by molar-refractivity contribution is -0.148. The van der Waals surface area contributed by atoms with Gasteiger partial charge in [0.25, 0.3) is 0 Å². The van der Waals surface area contributed by atoms with Crippen LogP contribution in [0, 0.1) is 0 Å². The highest BCUT2D eigenvalue weighted by Gasteiger charge is 2.11. The number of amides is 1. The lowest BCUT2D eigenvalue weighted by atomic mass is 10.3. The molecule has 1 N–H and O–H groups in total. The zero-order valence-corrected chi connectivity index (χ0v) is 11.6. The SMILES string of the molecule is C=CCOCC(COC(=O)CCCNC(C)=O)OC. The number of rotatable bonds is 11. The van der Waals surface area contributed by atoms with E-state index in [2.05, 4.69) is 11.9 Å². The Labute approximate surface area is 114 Å². The molecule has 0 heterocycles. The van der Waals surface area contributed by atoms with E-state index in [1.54, 1.807) is 6.08 Å². The van der Waals surface area contributed by atoms with Crippen molar-refractivity contribution in [3.63, 3.8) is 0 Å². The molecule has 6 nitrogen and oxygen atoms in total. The first-order valence-corrected chi connectivity index (χ1v) is 6.21. The van der Waals surface area contributed by atoms with Crippen LogP contribution in [0.5, 0.6) is 0 Å². The summed E-state index contributed by atoms with van der Waals surface area (Å²) < 4.78 is 15.4. The molecular weight excluding hydrogens is 250 g/mol. The first-order chi connectivity index (χ1) is 9.10. The smallest absolute Gasteiger partial charge is 0.305 e. The van der Waals surface area contributed by atoms with Gasteiger partial charge in [-0.15, -0.1) is 6.58 Å². The van der Waals surface area contributed by atoms with Crippen LogP contribution < -0.4 is 5.32 Å². The fourth-order valence-corrected chi connectivity index (χ4v) is 1.22. The van der Waals surface area contributed by atoms with Crippen LogP contribution in [0.25, 0.3) is 0 Å². The van der Waals surface area contributed by atoms with Gasteiger partial charge in [0, 0.05) is 27.0 Å². The minimum atomic E-state index is -0.309. The van der Waals surface area contributed by atoms with E-state index < -0.39 is 0 Å². The summed E-state index contributed by atoms with van der Waals surface area (Å²) in [6, 6.07) is 0. The van der Waals surface area contributed by atoms with Crippen molar-refractivity contribution in [2.75, 3.05) is 33.5 Å². The Hall–Kier alpha value is -1.40. The molecule has 19 heavy (non-hydrogen) atoms. The van der Waals surface area contributed by atoms with E-state index in [1.165, 1.54) is 14.0 Å². The predicted octanol–water partition coefficient (Wildman–Crippen LogP) is 0.663. The van der Waals surface area contributed by atoms with E-state index in [0.717, 1.165) is 0 Å². The molecule has 0 rings (SSSR count). The van der Waals surface area contributed by atoms with Crippen molar-refractivity contribution in [3.05, 3.63) is 12.7 Å². The summed E-state index contributed by atoms with van der Waals surface area (Å²) >= 11 is 0. The first-order valence-electron chi connectivity index (χ1n) is 6.21. The van der Waals surface area contributed by atoms with Crippen LogP contribution >= 0.6 is 0 Å². The Kier molecular flexibility index (Phi) is 10.8. The molecule has 0 aromatic heterocycles. The average molecular weight is 273 g/mol. The lowest BCUT2D eigenvalue weighted by Gasteiger charge is -2.15. The Morgan fingerprint density at radius 2 is 2.11 bits per heavy atom. The van der Waals surface area contributed by atoms with Crippen molar-refractivity contribution in [1.29, 1.82) is 0 Å². The third-order valence-corrected chi connectivity index (χ3v) is 2.23. The van der Waals surface area contributed by atoms with E-state index in [9.17, 15) is 9.59 Å². The van der Waals surface area contributed by atoms with Gasteiger partial charge in [0.15, 0.2) is 0 Å². The Balaban J connectivity index is 3.62. The number of nitrogens with one attached hydrogen (secondary N) is 1. The molecule has 6 heteroatoms. The third-order valence-electron chi connectivity index (χ3n) is 2.23. The number of esters is 1. The standard InChI is InChI=1S/C13H23NO5/c1-4-8-18-9-12(17-3)10-19-13(16)6-5-7-14-11(2)15/h4,12H,1,5-10H2,2-3H3,(H,14,15). The summed E-state index contributed by atoms with van der Waals surface area (Å²) in [7, 11) is 1.53. The lowest BCUT2D eigenvalue weighted by Crippen LogP contribution is -2.26. The minimum absolute atomic E-state index is 0.104. The molecule has 0 aliphatic carbocycles. The minimum Gasteiger partial charge on any atom is -0.463 e. The highest BCUT2D eigenvalue weighted by atomic mass is 16.6. The third kappa shape index (κ3) is 11.4. The molecule has 0 aromatic carbocycles. The summed E-state index contributed by atoms with van der Waals surface area (Å²) in [6.07, 6.45) is 2.19. The van der Waals surface area contributed by atoms with Crippen molar-refractivity contribution in [2.45, 2.75) is 25.9 Å². The van der Waals surface area contributed by atoms with E-state index in [0.29, 0.717) is 26.2 Å². The van der Waals surface area contributed by atoms with E-state index in [1.807, 2.05) is 0 Å². The summed E-state index contributed by atoms with van der Waals surface area (Å²) in [5.41, 5.74) is 0. The fourth-order valence-electron chi connectivity index (χ4n) is 1.22. The molecule has 0 bridgehead atoms. The number of hydrogen-bond donors (Lipinski definition) is 1. The largest absolute Gasteiger partial charge is 0.463 e. The van der Waals surface area contributed by atoms with Crippen LogP contribution in [0.4, 0.5) is 0 Å². The van der Waals surface area contributed by atoms with Crippen molar-refractivity contribution >= 4 is 11.9 Å². The van der Waals surface area contributed by atoms with Gasteiger partial charge in [-0.05, 0) is 6.42 Å². The van der Waals surface area contributed by atoms with Gasteiger partial charge in [0.2, 0.25) is 5.91 Å². The second-order valence-electron chi connectivity index (χ2n) is 3.95. The van der Waals surface area contributed by atoms with Gasteiger partial charge in [0.05, 0.1) is 13.2 Å². The number of methoxy groups -OCH3 is 1. The summed E-state index contributed by atoms with van der Waals surface area (Å²) in [5.74, 6) is -0.414. The molecule has 0 saturated heterocycles. The molecule has 0 saturated carbocycles. The Morgan fingerprint density at radius 3 is 2.68 bits per heavy atom. The monoisotopic (exact) mass is 273 g/mol. The first kappa shape index (κ1) is 17.6. The molecule has 0 radical (unpaired) electrons. The highest BCUT2D eigenvalue weighted by molar-refractivity contribution is 5.73. The van der Waals surface area contributed by atoms with Crippen molar-refractivity contribution < 1.29 is 23.8 Å². The van der Waals surface area contributed by atoms with Crippen molar-refractivity contribution in [3.8, 4) is 0 Å². The molecule has 1 unspecified atom stereocenters. The zero-order chi connectivity index (χ0) is 14.5. The van der Waals surface area contributed by atoms with Gasteiger partial charge >= 0.3 is 5.97 Å². The number of carbonyl (C=O) groups excluding carboxylic acids is 2. The maximum absolute atomic E-state index is 11.4. The van der Waals surface area contributed by atoms with Crippen molar-refractivity contribution in [2.24, 2.45) is 0 Å². The summed E-state index contributed by atoms with van der Waals surface area (Å²) in [5, 5.41) is 2.61. The van der Waals surface area contributed by atoms with Crippen LogP contribution in [-0.2, 0) is 23.8 Å². The molecule has 1 amide bonds. The normalized spacial score (nSPS) is 11.7. The number of ether oxygens (including phenoxy) is 3. The van der Waals surface area contributed by atoms with E-state index >= 15 is 0 Å². The molecule has 0 aliphatic heterocycles. The van der Waals surface area contributed by atoms with Crippen LogP contribution in [0.3, 0.4) is 0 Å². The van der Waals surface area contributed by atoms with E-state index in [-0.39, 0.29) is 31.0 Å². The summed E-state index contributed by atoms with van der Waals surface area (Å²) in [4.78, 5) is 22.0. The topological polar surface area (TPSA) is 73.9 Å². The van der Waals surface area contributed by atoms with Gasteiger partial charge in [-0.1, -0.05) is 6.08 Å². The number of hydrogen-bond acceptors (Lipinski definition) is 5. The maximum Gasteiger partial charge on any atom is 0.305 e. The van der Waals surface area contributed by atoms with E-state index in [4.69, 9.17) is 14.2 Å². The second-order valence-corrected chi connectivity index (χ2v) is 3.95. The zero-order valence-electron chi connectivity index (χ0n) is 11.6. The molecular formula is C13H23NO5. The van der Waals surface area contributed by atoms with Crippen LogP contribution in [0.15, 0.2) is 12.7 Å². The second kappa shape index (κ2) is 11.7. The number of carbonyl (C=O) groups is 2. The van der Waals surface area contributed by atoms with Crippen LogP contribution in [-0.4, -0.2) is 51.5 Å². The quantitative estimate of drug-likeness (QED) is 0.340. The molecule has 0 fully saturated rings. The fraction of sp³-hybridized carbons (Fsp3) is 0.692. The van der Waals surface area contributed by atoms with Gasteiger partial charge in [-0.25, -0.2) is 0 Å². The molecule has 0 spiro atoms. The maximum atomic E-state index is 11.4. The molecule has 0 aliphatic rings. The Bertz CT molecular complexity index is 280. The highest BCUT2D eigenvalue weighted by Crippen LogP contribution is 1.97.